The number of aryl methyl sites for hydroxylation is 2. The van der Waals surface area contributed by atoms with Crippen LogP contribution in [0.4, 0.5) is 5.69 Å². The molecule has 2 aromatic carbocycles. The minimum atomic E-state index is -0.980. The predicted molar refractivity (Wildman–Crippen MR) is 123 cm³/mol. The smallest absolute Gasteiger partial charge is 0.268 e. The first-order chi connectivity index (χ1) is 14.5. The molecule has 1 saturated heterocycles. The fraction of sp³-hybridized carbons (Fsp3) is 0.250. The van der Waals surface area contributed by atoms with Crippen molar-refractivity contribution in [2.24, 2.45) is 0 Å². The van der Waals surface area contributed by atoms with Crippen LogP contribution in [0.1, 0.15) is 31.9 Å². The lowest BCUT2D eigenvalue weighted by Gasteiger charge is -2.33. The number of hydrogen-bond donors (Lipinski definition) is 0. The molecule has 0 unspecified atom stereocenters. The van der Waals surface area contributed by atoms with E-state index in [1.165, 1.54) is 16.9 Å². The van der Waals surface area contributed by atoms with Gasteiger partial charge in [-0.25, -0.2) is 0 Å². The monoisotopic (exact) mass is 434 g/mol. The summed E-state index contributed by atoms with van der Waals surface area (Å²) in [4.78, 5) is 30.7. The minimum absolute atomic E-state index is 0.0167. The highest BCUT2D eigenvalue weighted by atomic mass is 32.2. The summed E-state index contributed by atoms with van der Waals surface area (Å²) in [6.07, 6.45) is 0. The fourth-order valence-corrected chi connectivity index (χ4v) is 6.54. The Hall–Kier alpha value is -2.57. The number of rotatable bonds is 3. The summed E-state index contributed by atoms with van der Waals surface area (Å²) >= 11 is 3.01. The summed E-state index contributed by atoms with van der Waals surface area (Å²) in [6, 6.07) is 18.1. The molecule has 1 fully saturated rings. The average molecular weight is 435 g/mol. The van der Waals surface area contributed by atoms with Crippen LogP contribution in [0.15, 0.2) is 60.0 Å². The number of fused-ring (bicyclic) bond motifs is 2. The maximum atomic E-state index is 14.0. The molecule has 0 aliphatic carbocycles. The zero-order valence-electron chi connectivity index (χ0n) is 16.9. The standard InChI is InChI=1S/C24H22N2O2S2/c1-16-5-3-6-18(13-16)15-25-20-9-8-17(2)14-19(20)24(23(25)28)26(10-12-30-24)22(27)21-7-4-11-29-21/h3-9,11,13-14H,10,12,15H2,1-2H3/t24-/m1/s1. The second-order valence-electron chi connectivity index (χ2n) is 7.83. The number of thiophene rings is 1. The molecule has 3 heterocycles. The van der Waals surface area contributed by atoms with Crippen molar-refractivity contribution in [3.63, 3.8) is 0 Å². The van der Waals surface area contributed by atoms with Crippen LogP contribution < -0.4 is 4.90 Å². The fourth-order valence-electron chi connectivity index (χ4n) is 4.41. The van der Waals surface area contributed by atoms with Crippen molar-refractivity contribution in [2.75, 3.05) is 17.2 Å². The number of hydrogen-bond acceptors (Lipinski definition) is 4. The van der Waals surface area contributed by atoms with Crippen LogP contribution in [0.2, 0.25) is 0 Å². The highest BCUT2D eigenvalue weighted by Gasteiger charge is 2.59. The Morgan fingerprint density at radius 3 is 2.67 bits per heavy atom. The molecular formula is C24H22N2O2S2. The van der Waals surface area contributed by atoms with E-state index in [0.29, 0.717) is 18.0 Å². The SMILES string of the molecule is Cc1cccc(CN2C(=O)[C@]3(SCCN3C(=O)c3cccs3)c3cc(C)ccc32)c1. The van der Waals surface area contributed by atoms with E-state index >= 15 is 0 Å². The maximum Gasteiger partial charge on any atom is 0.268 e. The van der Waals surface area contributed by atoms with E-state index in [4.69, 9.17) is 0 Å². The number of thioether (sulfide) groups is 1. The van der Waals surface area contributed by atoms with Crippen LogP contribution in [-0.2, 0) is 16.2 Å². The van der Waals surface area contributed by atoms with E-state index in [9.17, 15) is 9.59 Å². The molecule has 0 N–H and O–H groups in total. The van der Waals surface area contributed by atoms with Gasteiger partial charge >= 0.3 is 0 Å². The number of anilines is 1. The Balaban J connectivity index is 1.61. The third-order valence-electron chi connectivity index (χ3n) is 5.75. The lowest BCUT2D eigenvalue weighted by Crippen LogP contribution is -2.50. The van der Waals surface area contributed by atoms with Gasteiger partial charge in [-0.05, 0) is 36.9 Å². The maximum absolute atomic E-state index is 14.0. The van der Waals surface area contributed by atoms with E-state index in [1.807, 2.05) is 47.5 Å². The van der Waals surface area contributed by atoms with Gasteiger partial charge in [0.25, 0.3) is 11.8 Å². The zero-order valence-corrected chi connectivity index (χ0v) is 18.6. The van der Waals surface area contributed by atoms with Crippen molar-refractivity contribution in [3.05, 3.63) is 87.1 Å². The molecule has 30 heavy (non-hydrogen) atoms. The van der Waals surface area contributed by atoms with Gasteiger partial charge < -0.3 is 9.80 Å². The molecular weight excluding hydrogens is 412 g/mol. The van der Waals surface area contributed by atoms with Crippen molar-refractivity contribution in [3.8, 4) is 0 Å². The van der Waals surface area contributed by atoms with Crippen molar-refractivity contribution in [1.82, 2.24) is 4.90 Å². The molecule has 1 spiro atoms. The molecule has 2 aliphatic rings. The normalized spacial score (nSPS) is 20.3. The van der Waals surface area contributed by atoms with E-state index in [2.05, 4.69) is 31.2 Å². The van der Waals surface area contributed by atoms with Gasteiger partial charge in [0, 0.05) is 17.9 Å². The number of nitrogens with zero attached hydrogens (tertiary/aromatic N) is 2. The second-order valence-corrected chi connectivity index (χ2v) is 10.1. The molecule has 0 saturated carbocycles. The Morgan fingerprint density at radius 2 is 1.90 bits per heavy atom. The van der Waals surface area contributed by atoms with Crippen LogP contribution >= 0.6 is 23.1 Å². The summed E-state index contributed by atoms with van der Waals surface area (Å²) in [5, 5.41) is 1.90. The number of carbonyl (C=O) groups is 2. The molecule has 152 valence electrons. The quantitative estimate of drug-likeness (QED) is 0.585. The molecule has 1 aromatic heterocycles. The first kappa shape index (κ1) is 19.4. The predicted octanol–water partition coefficient (Wildman–Crippen LogP) is 4.95. The van der Waals surface area contributed by atoms with Crippen molar-refractivity contribution < 1.29 is 9.59 Å². The molecule has 0 radical (unpaired) electrons. The molecule has 1 atom stereocenters. The third kappa shape index (κ3) is 2.89. The van der Waals surface area contributed by atoms with Gasteiger partial charge in [-0.3, -0.25) is 9.59 Å². The highest BCUT2D eigenvalue weighted by molar-refractivity contribution is 8.01. The Bertz CT molecular complexity index is 1140. The number of amides is 2. The van der Waals surface area contributed by atoms with E-state index < -0.39 is 4.87 Å². The first-order valence-electron chi connectivity index (χ1n) is 9.99. The summed E-state index contributed by atoms with van der Waals surface area (Å²) in [7, 11) is 0. The van der Waals surface area contributed by atoms with Crippen molar-refractivity contribution in [2.45, 2.75) is 25.3 Å². The van der Waals surface area contributed by atoms with Crippen LogP contribution in [0.5, 0.6) is 0 Å². The summed E-state index contributed by atoms with van der Waals surface area (Å²) in [5.41, 5.74) is 5.20. The molecule has 2 aliphatic heterocycles. The molecule has 6 heteroatoms. The van der Waals surface area contributed by atoms with E-state index in [0.717, 1.165) is 28.1 Å². The Labute approximate surface area is 184 Å². The zero-order chi connectivity index (χ0) is 20.9. The van der Waals surface area contributed by atoms with Gasteiger partial charge in [0.05, 0.1) is 17.1 Å². The van der Waals surface area contributed by atoms with Gasteiger partial charge in [0.1, 0.15) is 0 Å². The summed E-state index contributed by atoms with van der Waals surface area (Å²) in [6.45, 7) is 5.16. The highest BCUT2D eigenvalue weighted by Crippen LogP contribution is 2.55. The Morgan fingerprint density at radius 1 is 1.07 bits per heavy atom. The number of benzene rings is 2. The lowest BCUT2D eigenvalue weighted by molar-refractivity contribution is -0.123. The van der Waals surface area contributed by atoms with Gasteiger partial charge in [-0.2, -0.15) is 0 Å². The number of carbonyl (C=O) groups excluding carboxylic acids is 2. The molecule has 0 bridgehead atoms. The summed E-state index contributed by atoms with van der Waals surface area (Å²) < 4.78 is 0. The molecule has 4 nitrogen and oxygen atoms in total. The largest absolute Gasteiger partial charge is 0.310 e. The topological polar surface area (TPSA) is 40.6 Å². The van der Waals surface area contributed by atoms with Crippen LogP contribution in [0.3, 0.4) is 0 Å². The van der Waals surface area contributed by atoms with Crippen LogP contribution in [0.25, 0.3) is 0 Å². The van der Waals surface area contributed by atoms with Gasteiger partial charge in [0.2, 0.25) is 0 Å². The van der Waals surface area contributed by atoms with Crippen LogP contribution in [0, 0.1) is 13.8 Å². The van der Waals surface area contributed by atoms with Gasteiger partial charge in [0.15, 0.2) is 4.87 Å². The summed E-state index contributed by atoms with van der Waals surface area (Å²) in [5.74, 6) is 0.666. The molecule has 3 aromatic rings. The second kappa shape index (κ2) is 7.29. The molecule has 5 rings (SSSR count). The minimum Gasteiger partial charge on any atom is -0.310 e. The lowest BCUT2D eigenvalue weighted by atomic mass is 10.0. The molecule has 2 amide bonds. The van der Waals surface area contributed by atoms with Crippen LogP contribution in [-0.4, -0.2) is 29.0 Å². The van der Waals surface area contributed by atoms with Crippen molar-refractivity contribution >= 4 is 40.6 Å². The van der Waals surface area contributed by atoms with Gasteiger partial charge in [-0.1, -0.05) is 53.6 Å². The first-order valence-corrected chi connectivity index (χ1v) is 11.9. The third-order valence-corrected chi connectivity index (χ3v) is 8.03. The van der Waals surface area contributed by atoms with E-state index in [1.54, 1.807) is 16.7 Å². The Kier molecular flexibility index (Phi) is 4.71. The van der Waals surface area contributed by atoms with Gasteiger partial charge in [-0.15, -0.1) is 23.1 Å². The average Bonchev–Trinajstić information content (AvgIpc) is 3.45. The van der Waals surface area contributed by atoms with Crippen molar-refractivity contribution in [1.29, 1.82) is 0 Å². The van der Waals surface area contributed by atoms with E-state index in [-0.39, 0.29) is 11.8 Å².